The Kier molecular flexibility index (Phi) is 6.31. The van der Waals surface area contributed by atoms with E-state index in [-0.39, 0.29) is 6.61 Å². The zero-order chi connectivity index (χ0) is 11.4. The fourth-order valence-electron chi connectivity index (χ4n) is 1.39. The number of aliphatic hydroxyl groups excluding tert-OH is 2. The summed E-state index contributed by atoms with van der Waals surface area (Å²) in [6.45, 7) is 0.136. The molecule has 0 bridgehead atoms. The molecule has 8 unspecified atom stereocenters. The van der Waals surface area contributed by atoms with E-state index in [0.717, 1.165) is 0 Å². The monoisotopic (exact) mass is 276 g/mol. The van der Waals surface area contributed by atoms with E-state index in [1.165, 1.54) is 0 Å². The lowest BCUT2D eigenvalue weighted by Crippen LogP contribution is -2.58. The summed E-state index contributed by atoms with van der Waals surface area (Å²) in [4.78, 5) is 0. The molecule has 1 fully saturated rings. The third kappa shape index (κ3) is 3.26. The van der Waals surface area contributed by atoms with Crippen LogP contribution in [0.25, 0.3) is 0 Å². The molecule has 1 saturated heterocycles. The predicted octanol–water partition coefficient (Wildman–Crippen LogP) is -0.778. The van der Waals surface area contributed by atoms with Gasteiger partial charge in [-0.2, -0.15) is 0 Å². The lowest BCUT2D eigenvalue weighted by molar-refractivity contribution is -0.265. The Morgan fingerprint density at radius 1 is 1.07 bits per heavy atom. The highest BCUT2D eigenvalue weighted by Crippen LogP contribution is 2.27. The predicted molar refractivity (Wildman–Crippen MR) is 61.7 cm³/mol. The Morgan fingerprint density at radius 2 is 1.73 bits per heavy atom. The van der Waals surface area contributed by atoms with Gasteiger partial charge in [-0.3, -0.25) is 0 Å². The quantitative estimate of drug-likeness (QED) is 0.656. The van der Waals surface area contributed by atoms with E-state index in [2.05, 4.69) is 0 Å². The Morgan fingerprint density at radius 3 is 2.20 bits per heavy atom. The Hall–Kier alpha value is 1.05. The van der Waals surface area contributed by atoms with Crippen molar-refractivity contribution in [1.82, 2.24) is 0 Å². The highest BCUT2D eigenvalue weighted by atomic mass is 31.0. The molecule has 0 spiro atoms. The molecule has 9 heteroatoms. The van der Waals surface area contributed by atoms with Gasteiger partial charge in [0.05, 0.1) is 6.61 Å². The van der Waals surface area contributed by atoms with Gasteiger partial charge in [-0.15, -0.1) is 0 Å². The summed E-state index contributed by atoms with van der Waals surface area (Å²) in [6, 6.07) is 0. The second-order valence-electron chi connectivity index (χ2n) is 3.09. The van der Waals surface area contributed by atoms with Crippen molar-refractivity contribution in [2.75, 3.05) is 6.61 Å². The first-order valence-electron chi connectivity index (χ1n) is 4.20. The van der Waals surface area contributed by atoms with E-state index in [4.69, 9.17) is 18.3 Å². The van der Waals surface area contributed by atoms with Crippen LogP contribution in [0.15, 0.2) is 0 Å². The van der Waals surface area contributed by atoms with Crippen molar-refractivity contribution in [1.29, 1.82) is 0 Å². The maximum atomic E-state index is 9.72. The molecule has 1 aliphatic heterocycles. The molecule has 0 aromatic rings. The summed E-state index contributed by atoms with van der Waals surface area (Å²) in [5, 5.41) is 19.4. The van der Waals surface area contributed by atoms with Crippen LogP contribution in [-0.4, -0.2) is 47.5 Å². The average Bonchev–Trinajstić information content (AvgIpc) is 2.24. The lowest BCUT2D eigenvalue weighted by atomic mass is 9.99. The molecule has 1 aliphatic rings. The van der Waals surface area contributed by atoms with Crippen LogP contribution in [0.5, 0.6) is 0 Å². The summed E-state index contributed by atoms with van der Waals surface area (Å²) in [5.41, 5.74) is 0. The summed E-state index contributed by atoms with van der Waals surface area (Å²) in [7, 11) is 6.08. The molecule has 15 heavy (non-hydrogen) atoms. The molecular weight excluding hydrogens is 261 g/mol. The van der Waals surface area contributed by atoms with Gasteiger partial charge < -0.3 is 28.5 Å². The topological polar surface area (TPSA) is 77.4 Å². The van der Waals surface area contributed by atoms with Crippen LogP contribution in [0, 0.1) is 0 Å². The first-order valence-corrected chi connectivity index (χ1v) is 5.61. The van der Waals surface area contributed by atoms with Gasteiger partial charge in [0.25, 0.3) is 0 Å². The van der Waals surface area contributed by atoms with Gasteiger partial charge in [-0.05, 0) is 0 Å². The Balaban J connectivity index is 2.68. The van der Waals surface area contributed by atoms with Crippen molar-refractivity contribution in [3.8, 4) is 0 Å². The van der Waals surface area contributed by atoms with Gasteiger partial charge in [0.2, 0.25) is 0 Å². The first kappa shape index (κ1) is 14.1. The average molecular weight is 276 g/mol. The van der Waals surface area contributed by atoms with E-state index in [1.54, 1.807) is 0 Å². The van der Waals surface area contributed by atoms with Crippen molar-refractivity contribution >= 4 is 28.4 Å². The second kappa shape index (κ2) is 6.70. The number of rotatable bonds is 4. The summed E-state index contributed by atoms with van der Waals surface area (Å²) in [5.74, 6) is 0. The maximum Gasteiger partial charge on any atom is 0.190 e. The summed E-state index contributed by atoms with van der Waals surface area (Å²) in [6.07, 6.45) is -4.35. The van der Waals surface area contributed by atoms with E-state index in [9.17, 15) is 10.2 Å². The summed E-state index contributed by atoms with van der Waals surface area (Å²) < 4.78 is 19.9. The first-order chi connectivity index (χ1) is 7.15. The SMILES string of the molecule is OC1C(COP)OC(OP)C(OP)C1O. The van der Waals surface area contributed by atoms with Crippen molar-refractivity contribution in [3.63, 3.8) is 0 Å². The van der Waals surface area contributed by atoms with E-state index >= 15 is 0 Å². The standard InChI is InChI=1S/C6H15O6P3/c7-3-2(1-9-13)10-6(12-15)5(11-14)4(3)8/h2-8H,1,13-15H2. The molecule has 90 valence electrons. The molecular formula is C6H15O6P3. The molecule has 0 saturated carbocycles. The van der Waals surface area contributed by atoms with E-state index in [1.807, 2.05) is 28.4 Å². The van der Waals surface area contributed by atoms with Crippen LogP contribution in [-0.2, 0) is 18.3 Å². The van der Waals surface area contributed by atoms with Crippen LogP contribution in [0.3, 0.4) is 0 Å². The van der Waals surface area contributed by atoms with Crippen LogP contribution in [0.1, 0.15) is 0 Å². The van der Waals surface area contributed by atoms with Gasteiger partial charge >= 0.3 is 0 Å². The van der Waals surface area contributed by atoms with Crippen molar-refractivity contribution < 1.29 is 28.5 Å². The van der Waals surface area contributed by atoms with Crippen molar-refractivity contribution in [2.45, 2.75) is 30.7 Å². The molecule has 1 rings (SSSR count). The molecule has 0 aromatic carbocycles. The Labute approximate surface area is 94.9 Å². The maximum absolute atomic E-state index is 9.72. The molecule has 0 amide bonds. The van der Waals surface area contributed by atoms with Gasteiger partial charge in [0.15, 0.2) is 6.29 Å². The van der Waals surface area contributed by atoms with Gasteiger partial charge in [-0.25, -0.2) is 0 Å². The molecule has 0 aromatic heterocycles. The number of ether oxygens (including phenoxy) is 1. The van der Waals surface area contributed by atoms with Gasteiger partial charge in [0.1, 0.15) is 24.4 Å². The van der Waals surface area contributed by atoms with Crippen molar-refractivity contribution in [2.24, 2.45) is 0 Å². The lowest BCUT2D eigenvalue weighted by Gasteiger charge is -2.40. The molecule has 1 heterocycles. The van der Waals surface area contributed by atoms with Crippen LogP contribution in [0.2, 0.25) is 0 Å². The molecule has 6 nitrogen and oxygen atoms in total. The van der Waals surface area contributed by atoms with Crippen molar-refractivity contribution in [3.05, 3.63) is 0 Å². The third-order valence-electron chi connectivity index (χ3n) is 2.20. The Bertz CT molecular complexity index is 192. The minimum Gasteiger partial charge on any atom is -0.387 e. The van der Waals surface area contributed by atoms with Crippen LogP contribution < -0.4 is 0 Å². The van der Waals surface area contributed by atoms with Crippen LogP contribution >= 0.6 is 28.4 Å². The molecule has 8 atom stereocenters. The number of hydrogen-bond acceptors (Lipinski definition) is 6. The highest BCUT2D eigenvalue weighted by molar-refractivity contribution is 7.10. The zero-order valence-corrected chi connectivity index (χ0v) is 11.3. The fraction of sp³-hybridized carbons (Fsp3) is 1.00. The number of hydrogen-bond donors (Lipinski definition) is 2. The van der Waals surface area contributed by atoms with E-state index < -0.39 is 30.7 Å². The fourth-order valence-corrected chi connectivity index (χ4v) is 2.09. The normalized spacial score (nSPS) is 41.8. The smallest absolute Gasteiger partial charge is 0.190 e. The minimum absolute atomic E-state index is 0.136. The zero-order valence-electron chi connectivity index (χ0n) is 7.85. The van der Waals surface area contributed by atoms with E-state index in [0.29, 0.717) is 0 Å². The summed E-state index contributed by atoms with van der Waals surface area (Å²) >= 11 is 0. The largest absolute Gasteiger partial charge is 0.387 e. The van der Waals surface area contributed by atoms with Gasteiger partial charge in [0, 0.05) is 28.4 Å². The second-order valence-corrected chi connectivity index (χ2v) is 3.97. The van der Waals surface area contributed by atoms with Gasteiger partial charge in [-0.1, -0.05) is 0 Å². The molecule has 2 N–H and O–H groups in total. The van der Waals surface area contributed by atoms with Crippen LogP contribution in [0.4, 0.5) is 0 Å². The minimum atomic E-state index is -1.09. The highest BCUT2D eigenvalue weighted by Gasteiger charge is 2.45. The molecule has 0 aliphatic carbocycles. The number of aliphatic hydroxyl groups is 2. The third-order valence-corrected chi connectivity index (χ3v) is 2.97. The molecule has 0 radical (unpaired) electrons.